The van der Waals surface area contributed by atoms with Crippen molar-refractivity contribution in [1.82, 2.24) is 4.98 Å². The highest BCUT2D eigenvalue weighted by atomic mass is 16.4. The Bertz CT molecular complexity index is 402. The number of nitrogens with zero attached hydrogens (tertiary/aromatic N) is 2. The average molecular weight is 220 g/mol. The lowest BCUT2D eigenvalue weighted by Gasteiger charge is -2.27. The number of hydrogen-bond donors (Lipinski definition) is 1. The van der Waals surface area contributed by atoms with Gasteiger partial charge >= 0.3 is 5.97 Å². The van der Waals surface area contributed by atoms with Crippen molar-refractivity contribution >= 4 is 11.8 Å². The van der Waals surface area contributed by atoms with Crippen LogP contribution in [-0.2, 0) is 4.79 Å². The van der Waals surface area contributed by atoms with Gasteiger partial charge in [-0.3, -0.25) is 0 Å². The fourth-order valence-electron chi connectivity index (χ4n) is 1.85. The van der Waals surface area contributed by atoms with Crippen molar-refractivity contribution in [3.63, 3.8) is 0 Å². The molecule has 0 bridgehead atoms. The minimum atomic E-state index is -0.796. The molecule has 1 atom stereocenters. The van der Waals surface area contributed by atoms with Crippen LogP contribution in [0.5, 0.6) is 0 Å². The molecular weight excluding hydrogens is 204 g/mol. The Morgan fingerprint density at radius 3 is 2.75 bits per heavy atom. The van der Waals surface area contributed by atoms with Crippen LogP contribution in [0.15, 0.2) is 18.2 Å². The molecule has 0 aliphatic heterocycles. The number of pyridine rings is 1. The van der Waals surface area contributed by atoms with Crippen molar-refractivity contribution in [2.75, 3.05) is 4.90 Å². The third-order valence-corrected chi connectivity index (χ3v) is 2.85. The van der Waals surface area contributed by atoms with Crippen LogP contribution in [-0.4, -0.2) is 28.1 Å². The van der Waals surface area contributed by atoms with Crippen LogP contribution in [0.25, 0.3) is 0 Å². The third-order valence-electron chi connectivity index (χ3n) is 2.85. The molecule has 16 heavy (non-hydrogen) atoms. The summed E-state index contributed by atoms with van der Waals surface area (Å²) in [5.41, 5.74) is 0.917. The summed E-state index contributed by atoms with van der Waals surface area (Å²) in [6.45, 7) is 3.63. The zero-order chi connectivity index (χ0) is 11.7. The Labute approximate surface area is 94.9 Å². The van der Waals surface area contributed by atoms with Crippen LogP contribution in [0.3, 0.4) is 0 Å². The normalized spacial score (nSPS) is 16.9. The number of aliphatic carboxylic acids is 1. The van der Waals surface area contributed by atoms with Crippen LogP contribution >= 0.6 is 0 Å². The minimum Gasteiger partial charge on any atom is -0.480 e. The molecule has 1 heterocycles. The summed E-state index contributed by atoms with van der Waals surface area (Å²) < 4.78 is 0. The second-order valence-electron chi connectivity index (χ2n) is 4.29. The van der Waals surface area contributed by atoms with E-state index in [0.717, 1.165) is 24.4 Å². The number of carbonyl (C=O) groups is 1. The molecular formula is C12H16N2O2. The Morgan fingerprint density at radius 1 is 1.56 bits per heavy atom. The molecule has 1 N–H and O–H groups in total. The predicted molar refractivity (Wildman–Crippen MR) is 61.6 cm³/mol. The van der Waals surface area contributed by atoms with Gasteiger partial charge in [0.2, 0.25) is 0 Å². The predicted octanol–water partition coefficient (Wildman–Crippen LogP) is 1.83. The highest BCUT2D eigenvalue weighted by Crippen LogP contribution is 2.32. The van der Waals surface area contributed by atoms with Crippen LogP contribution in [0.2, 0.25) is 0 Å². The molecule has 1 aliphatic carbocycles. The van der Waals surface area contributed by atoms with Gasteiger partial charge < -0.3 is 10.0 Å². The van der Waals surface area contributed by atoms with Gasteiger partial charge in [0.15, 0.2) is 0 Å². The van der Waals surface area contributed by atoms with E-state index in [2.05, 4.69) is 4.98 Å². The van der Waals surface area contributed by atoms with Gasteiger partial charge in [-0.2, -0.15) is 0 Å². The average Bonchev–Trinajstić information content (AvgIpc) is 3.02. The van der Waals surface area contributed by atoms with Crippen LogP contribution in [0.4, 0.5) is 5.82 Å². The van der Waals surface area contributed by atoms with E-state index in [1.54, 1.807) is 6.92 Å². The summed E-state index contributed by atoms with van der Waals surface area (Å²) in [7, 11) is 0. The van der Waals surface area contributed by atoms with Crippen molar-refractivity contribution in [1.29, 1.82) is 0 Å². The fourth-order valence-corrected chi connectivity index (χ4v) is 1.85. The smallest absolute Gasteiger partial charge is 0.326 e. The van der Waals surface area contributed by atoms with Gasteiger partial charge in [-0.1, -0.05) is 6.07 Å². The monoisotopic (exact) mass is 220 g/mol. The second kappa shape index (κ2) is 4.12. The molecule has 4 heteroatoms. The van der Waals surface area contributed by atoms with E-state index in [-0.39, 0.29) is 0 Å². The van der Waals surface area contributed by atoms with Gasteiger partial charge in [0.1, 0.15) is 11.9 Å². The molecule has 1 aliphatic rings. The molecule has 86 valence electrons. The maximum Gasteiger partial charge on any atom is 0.326 e. The summed E-state index contributed by atoms with van der Waals surface area (Å²) in [6, 6.07) is 5.55. The topological polar surface area (TPSA) is 53.4 Å². The van der Waals surface area contributed by atoms with Gasteiger partial charge in [-0.05, 0) is 38.8 Å². The molecule has 1 aromatic rings. The Balaban J connectivity index is 2.28. The molecule has 0 radical (unpaired) electrons. The maximum absolute atomic E-state index is 11.1. The highest BCUT2D eigenvalue weighted by molar-refractivity contribution is 5.77. The zero-order valence-electron chi connectivity index (χ0n) is 9.55. The quantitative estimate of drug-likeness (QED) is 0.841. The first-order chi connectivity index (χ1) is 7.59. The Morgan fingerprint density at radius 2 is 2.25 bits per heavy atom. The molecule has 0 aromatic carbocycles. The number of carboxylic acids is 1. The molecule has 1 aromatic heterocycles. The lowest BCUT2D eigenvalue weighted by molar-refractivity contribution is -0.138. The van der Waals surface area contributed by atoms with Crippen LogP contribution < -0.4 is 4.90 Å². The van der Waals surface area contributed by atoms with E-state index in [0.29, 0.717) is 6.04 Å². The first-order valence-corrected chi connectivity index (χ1v) is 5.54. The van der Waals surface area contributed by atoms with E-state index in [9.17, 15) is 4.79 Å². The SMILES string of the molecule is Cc1cccc(N(C2CC2)C(C)C(=O)O)n1. The highest BCUT2D eigenvalue weighted by Gasteiger charge is 2.35. The first-order valence-electron chi connectivity index (χ1n) is 5.54. The molecule has 2 rings (SSSR count). The van der Waals surface area contributed by atoms with E-state index < -0.39 is 12.0 Å². The Kier molecular flexibility index (Phi) is 2.81. The molecule has 0 amide bonds. The number of rotatable bonds is 4. The third kappa shape index (κ3) is 2.15. The van der Waals surface area contributed by atoms with Gasteiger partial charge in [0.05, 0.1) is 0 Å². The van der Waals surface area contributed by atoms with Crippen LogP contribution in [0.1, 0.15) is 25.5 Å². The molecule has 4 nitrogen and oxygen atoms in total. The zero-order valence-corrected chi connectivity index (χ0v) is 9.55. The van der Waals surface area contributed by atoms with Crippen molar-refractivity contribution in [2.45, 2.75) is 38.8 Å². The molecule has 1 saturated carbocycles. The summed E-state index contributed by atoms with van der Waals surface area (Å²) in [5.74, 6) is -0.0207. The fraction of sp³-hybridized carbons (Fsp3) is 0.500. The largest absolute Gasteiger partial charge is 0.480 e. The van der Waals surface area contributed by atoms with Gasteiger partial charge in [0, 0.05) is 11.7 Å². The van der Waals surface area contributed by atoms with Crippen molar-refractivity contribution in [3.8, 4) is 0 Å². The van der Waals surface area contributed by atoms with Crippen molar-refractivity contribution in [2.24, 2.45) is 0 Å². The van der Waals surface area contributed by atoms with Gasteiger partial charge in [0.25, 0.3) is 0 Å². The lowest BCUT2D eigenvalue weighted by atomic mass is 10.2. The van der Waals surface area contributed by atoms with Gasteiger partial charge in [-0.25, -0.2) is 9.78 Å². The van der Waals surface area contributed by atoms with E-state index in [4.69, 9.17) is 5.11 Å². The van der Waals surface area contributed by atoms with Crippen molar-refractivity contribution in [3.05, 3.63) is 23.9 Å². The summed E-state index contributed by atoms with van der Waals surface area (Å²) in [4.78, 5) is 17.4. The van der Waals surface area contributed by atoms with E-state index in [1.165, 1.54) is 0 Å². The standard InChI is InChI=1S/C12H16N2O2/c1-8-4-3-5-11(13-8)14(10-6-7-10)9(2)12(15)16/h3-5,9-10H,6-7H2,1-2H3,(H,15,16). The number of hydrogen-bond acceptors (Lipinski definition) is 3. The minimum absolute atomic E-state index is 0.348. The Hall–Kier alpha value is -1.58. The first kappa shape index (κ1) is 10.9. The lowest BCUT2D eigenvalue weighted by Crippen LogP contribution is -2.41. The number of aryl methyl sites for hydroxylation is 1. The molecule has 0 saturated heterocycles. The summed E-state index contributed by atoms with van der Waals surface area (Å²) in [5, 5.41) is 9.09. The molecule has 0 spiro atoms. The van der Waals surface area contributed by atoms with Gasteiger partial charge in [-0.15, -0.1) is 0 Å². The number of carboxylic acid groups (broad SMARTS) is 1. The number of aromatic nitrogens is 1. The number of anilines is 1. The summed E-state index contributed by atoms with van der Waals surface area (Å²) in [6.07, 6.45) is 2.13. The van der Waals surface area contributed by atoms with E-state index >= 15 is 0 Å². The van der Waals surface area contributed by atoms with E-state index in [1.807, 2.05) is 30.0 Å². The summed E-state index contributed by atoms with van der Waals surface area (Å²) >= 11 is 0. The second-order valence-corrected chi connectivity index (χ2v) is 4.29. The molecule has 1 unspecified atom stereocenters. The van der Waals surface area contributed by atoms with Crippen LogP contribution in [0, 0.1) is 6.92 Å². The molecule has 1 fully saturated rings. The maximum atomic E-state index is 11.1. The van der Waals surface area contributed by atoms with Crippen molar-refractivity contribution < 1.29 is 9.90 Å².